The first kappa shape index (κ1) is 19.3. The fraction of sp³-hybridized carbons (Fsp3) is 0.278. The number of hydrogen-bond acceptors (Lipinski definition) is 3. The lowest BCUT2D eigenvalue weighted by molar-refractivity contribution is -0.114. The van der Waals surface area contributed by atoms with E-state index in [9.17, 15) is 13.2 Å². The van der Waals surface area contributed by atoms with Gasteiger partial charge in [-0.2, -0.15) is 0 Å². The maximum absolute atomic E-state index is 12.4. The van der Waals surface area contributed by atoms with Crippen LogP contribution in [0.2, 0.25) is 5.02 Å². The number of nitrogens with one attached hydrogen (secondary N) is 1. The van der Waals surface area contributed by atoms with E-state index in [1.807, 2.05) is 32.9 Å². The minimum Gasteiger partial charge on any atom is -0.324 e. The van der Waals surface area contributed by atoms with Crippen LogP contribution < -0.4 is 9.62 Å². The van der Waals surface area contributed by atoms with Crippen LogP contribution in [0.5, 0.6) is 0 Å². The van der Waals surface area contributed by atoms with Crippen molar-refractivity contribution in [1.82, 2.24) is 0 Å². The Morgan fingerprint density at radius 3 is 2.32 bits per heavy atom. The van der Waals surface area contributed by atoms with Crippen LogP contribution in [0.1, 0.15) is 16.7 Å². The maximum atomic E-state index is 12.4. The summed E-state index contributed by atoms with van der Waals surface area (Å²) in [7, 11) is -3.61. The molecule has 0 heterocycles. The third-order valence-corrected chi connectivity index (χ3v) is 5.31. The number of aryl methyl sites for hydroxylation is 3. The average Bonchev–Trinajstić information content (AvgIpc) is 2.50. The number of nitrogens with zero attached hydrogens (tertiary/aromatic N) is 1. The van der Waals surface area contributed by atoms with Gasteiger partial charge in [-0.25, -0.2) is 8.42 Å². The standard InChI is InChI=1S/C18H21ClN2O3S/c1-12-5-6-14(3)17(9-12)21(25(4,23)24)11-18(22)20-15-8-7-13(2)16(19)10-15/h5-10H,11H2,1-4H3,(H,20,22). The van der Waals surface area contributed by atoms with Gasteiger partial charge in [-0.15, -0.1) is 0 Å². The fourth-order valence-electron chi connectivity index (χ4n) is 2.37. The molecule has 0 unspecified atom stereocenters. The van der Waals surface area contributed by atoms with Gasteiger partial charge in [0.1, 0.15) is 6.54 Å². The molecule has 0 aliphatic rings. The van der Waals surface area contributed by atoms with E-state index >= 15 is 0 Å². The number of benzene rings is 2. The van der Waals surface area contributed by atoms with Gasteiger partial charge in [-0.1, -0.05) is 29.8 Å². The number of amides is 1. The average molecular weight is 381 g/mol. The van der Waals surface area contributed by atoms with Crippen molar-refractivity contribution >= 4 is 38.9 Å². The first-order valence-corrected chi connectivity index (χ1v) is 9.91. The zero-order valence-electron chi connectivity index (χ0n) is 14.6. The van der Waals surface area contributed by atoms with Crippen molar-refractivity contribution in [1.29, 1.82) is 0 Å². The van der Waals surface area contributed by atoms with E-state index in [1.165, 1.54) is 0 Å². The molecule has 0 aromatic heterocycles. The van der Waals surface area contributed by atoms with E-state index in [2.05, 4.69) is 5.32 Å². The molecule has 0 saturated heterocycles. The summed E-state index contributed by atoms with van der Waals surface area (Å²) in [6, 6.07) is 10.6. The summed E-state index contributed by atoms with van der Waals surface area (Å²) in [5.41, 5.74) is 3.62. The van der Waals surface area contributed by atoms with E-state index in [0.717, 1.165) is 27.3 Å². The Hall–Kier alpha value is -2.05. The predicted molar refractivity (Wildman–Crippen MR) is 103 cm³/mol. The van der Waals surface area contributed by atoms with Gasteiger partial charge in [-0.3, -0.25) is 9.10 Å². The number of hydrogen-bond donors (Lipinski definition) is 1. The third-order valence-electron chi connectivity index (χ3n) is 3.78. The Balaban J connectivity index is 2.27. The summed E-state index contributed by atoms with van der Waals surface area (Å²) >= 11 is 6.05. The summed E-state index contributed by atoms with van der Waals surface area (Å²) in [5, 5.41) is 3.22. The van der Waals surface area contributed by atoms with Crippen LogP contribution >= 0.6 is 11.6 Å². The van der Waals surface area contributed by atoms with Crippen molar-refractivity contribution < 1.29 is 13.2 Å². The molecule has 5 nitrogen and oxygen atoms in total. The summed E-state index contributed by atoms with van der Waals surface area (Å²) in [4.78, 5) is 12.4. The summed E-state index contributed by atoms with van der Waals surface area (Å²) in [6.45, 7) is 5.23. The Labute approximate surface area is 153 Å². The van der Waals surface area contributed by atoms with Gasteiger partial charge in [0.05, 0.1) is 11.9 Å². The molecule has 0 aliphatic carbocycles. The third kappa shape index (κ3) is 4.96. The molecule has 0 atom stereocenters. The summed E-state index contributed by atoms with van der Waals surface area (Å²) in [6.07, 6.45) is 1.09. The molecule has 0 fully saturated rings. The van der Waals surface area contributed by atoms with E-state index in [1.54, 1.807) is 24.3 Å². The Kier molecular flexibility index (Phi) is 5.75. The number of anilines is 2. The lowest BCUT2D eigenvalue weighted by Crippen LogP contribution is -2.37. The van der Waals surface area contributed by atoms with Gasteiger partial charge in [0.15, 0.2) is 0 Å². The van der Waals surface area contributed by atoms with E-state index in [4.69, 9.17) is 11.6 Å². The van der Waals surface area contributed by atoms with Crippen molar-refractivity contribution in [2.45, 2.75) is 20.8 Å². The molecule has 0 saturated carbocycles. The van der Waals surface area contributed by atoms with Crippen LogP contribution in [0.25, 0.3) is 0 Å². The highest BCUT2D eigenvalue weighted by molar-refractivity contribution is 7.92. The molecule has 25 heavy (non-hydrogen) atoms. The molecule has 1 N–H and O–H groups in total. The van der Waals surface area contributed by atoms with E-state index < -0.39 is 15.9 Å². The Morgan fingerprint density at radius 1 is 1.08 bits per heavy atom. The van der Waals surface area contributed by atoms with Gasteiger partial charge in [-0.05, 0) is 55.7 Å². The first-order valence-electron chi connectivity index (χ1n) is 7.69. The molecule has 0 aliphatic heterocycles. The number of halogens is 1. The number of carbonyl (C=O) groups excluding carboxylic acids is 1. The van der Waals surface area contributed by atoms with Gasteiger partial charge in [0.2, 0.25) is 15.9 Å². The van der Waals surface area contributed by atoms with Crippen LogP contribution in [0.15, 0.2) is 36.4 Å². The second-order valence-electron chi connectivity index (χ2n) is 6.07. The van der Waals surface area contributed by atoms with Crippen molar-refractivity contribution in [2.75, 3.05) is 22.4 Å². The molecule has 2 rings (SSSR count). The monoisotopic (exact) mass is 380 g/mol. The van der Waals surface area contributed by atoms with Crippen LogP contribution in [0, 0.1) is 20.8 Å². The lowest BCUT2D eigenvalue weighted by atomic mass is 10.1. The molecule has 1 amide bonds. The quantitative estimate of drug-likeness (QED) is 0.860. The maximum Gasteiger partial charge on any atom is 0.245 e. The van der Waals surface area contributed by atoms with Crippen molar-refractivity contribution in [3.05, 3.63) is 58.1 Å². The second-order valence-corrected chi connectivity index (χ2v) is 8.39. The second kappa shape index (κ2) is 7.45. The highest BCUT2D eigenvalue weighted by Crippen LogP contribution is 2.24. The minimum absolute atomic E-state index is 0.311. The SMILES string of the molecule is Cc1ccc(C)c(N(CC(=O)Nc2ccc(C)c(Cl)c2)S(C)(=O)=O)c1. The fourth-order valence-corrected chi connectivity index (χ4v) is 3.46. The highest BCUT2D eigenvalue weighted by atomic mass is 35.5. The van der Waals surface area contributed by atoms with Crippen LogP contribution in [-0.4, -0.2) is 27.1 Å². The van der Waals surface area contributed by atoms with Gasteiger partial charge in [0.25, 0.3) is 0 Å². The zero-order valence-corrected chi connectivity index (χ0v) is 16.2. The molecule has 0 radical (unpaired) electrons. The van der Waals surface area contributed by atoms with Crippen molar-refractivity contribution in [3.8, 4) is 0 Å². The van der Waals surface area contributed by atoms with Crippen molar-refractivity contribution in [3.63, 3.8) is 0 Å². The summed E-state index contributed by atoms with van der Waals surface area (Å²) < 4.78 is 25.5. The van der Waals surface area contributed by atoms with Gasteiger partial charge < -0.3 is 5.32 Å². The summed E-state index contributed by atoms with van der Waals surface area (Å²) in [5.74, 6) is -0.439. The van der Waals surface area contributed by atoms with Crippen molar-refractivity contribution in [2.24, 2.45) is 0 Å². The largest absolute Gasteiger partial charge is 0.324 e. The van der Waals surface area contributed by atoms with Gasteiger partial charge in [0, 0.05) is 10.7 Å². The van der Waals surface area contributed by atoms with Crippen LogP contribution in [0.4, 0.5) is 11.4 Å². The minimum atomic E-state index is -3.61. The normalized spacial score (nSPS) is 11.2. The molecular formula is C18H21ClN2O3S. The van der Waals surface area contributed by atoms with E-state index in [-0.39, 0.29) is 6.54 Å². The molecule has 0 spiro atoms. The van der Waals surface area contributed by atoms with Crippen LogP contribution in [0.3, 0.4) is 0 Å². The number of rotatable bonds is 5. The molecule has 2 aromatic carbocycles. The first-order chi connectivity index (χ1) is 11.6. The molecule has 0 bridgehead atoms. The molecular weight excluding hydrogens is 360 g/mol. The Morgan fingerprint density at radius 2 is 1.72 bits per heavy atom. The Bertz CT molecular complexity index is 911. The topological polar surface area (TPSA) is 66.5 Å². The molecule has 134 valence electrons. The lowest BCUT2D eigenvalue weighted by Gasteiger charge is -2.24. The predicted octanol–water partition coefficient (Wildman–Crippen LogP) is 3.67. The highest BCUT2D eigenvalue weighted by Gasteiger charge is 2.22. The van der Waals surface area contributed by atoms with Gasteiger partial charge >= 0.3 is 0 Å². The molecule has 7 heteroatoms. The zero-order chi connectivity index (χ0) is 18.8. The van der Waals surface area contributed by atoms with E-state index in [0.29, 0.717) is 16.4 Å². The molecule has 2 aromatic rings. The number of carbonyl (C=O) groups is 1. The van der Waals surface area contributed by atoms with Crippen LogP contribution in [-0.2, 0) is 14.8 Å². The number of sulfonamides is 1. The smallest absolute Gasteiger partial charge is 0.245 e.